The molecule has 3 N–H and O–H groups in total. The lowest BCUT2D eigenvalue weighted by molar-refractivity contribution is -0.144. The maximum absolute atomic E-state index is 11.3. The van der Waals surface area contributed by atoms with Gasteiger partial charge < -0.3 is 20.0 Å². The van der Waals surface area contributed by atoms with Crippen molar-refractivity contribution in [1.29, 1.82) is 0 Å². The van der Waals surface area contributed by atoms with Gasteiger partial charge in [-0.05, 0) is 24.6 Å². The smallest absolute Gasteiger partial charge is 0.346 e. The summed E-state index contributed by atoms with van der Waals surface area (Å²) in [6.07, 6.45) is -1.13. The lowest BCUT2D eigenvalue weighted by Crippen LogP contribution is -2.34. The third-order valence-corrected chi connectivity index (χ3v) is 2.69. The van der Waals surface area contributed by atoms with E-state index < -0.39 is 17.7 Å². The SMILES string of the molecule is Cc1cc(=O)oc2cc(OC(CN)C(=O)O)ccc12. The second kappa shape index (κ2) is 5.11. The summed E-state index contributed by atoms with van der Waals surface area (Å²) in [5, 5.41) is 9.63. The van der Waals surface area contributed by atoms with Crippen LogP contribution >= 0.6 is 0 Å². The van der Waals surface area contributed by atoms with Crippen molar-refractivity contribution >= 4 is 16.9 Å². The van der Waals surface area contributed by atoms with Crippen LogP contribution in [0.4, 0.5) is 0 Å². The van der Waals surface area contributed by atoms with Gasteiger partial charge in [-0.3, -0.25) is 0 Å². The number of carbonyl (C=O) groups is 1. The monoisotopic (exact) mass is 263 g/mol. The van der Waals surface area contributed by atoms with Crippen LogP contribution in [0.5, 0.6) is 5.75 Å². The summed E-state index contributed by atoms with van der Waals surface area (Å²) in [4.78, 5) is 22.1. The first-order valence-corrected chi connectivity index (χ1v) is 5.65. The topological polar surface area (TPSA) is 103 Å². The minimum atomic E-state index is -1.15. The van der Waals surface area contributed by atoms with Crippen molar-refractivity contribution < 1.29 is 19.1 Å². The molecule has 0 aliphatic rings. The number of carboxylic acids is 1. The molecule has 6 heteroatoms. The number of aryl methyl sites for hydroxylation is 1. The fraction of sp³-hybridized carbons (Fsp3) is 0.231. The first-order chi connectivity index (χ1) is 9.01. The summed E-state index contributed by atoms with van der Waals surface area (Å²) in [6, 6.07) is 6.19. The van der Waals surface area contributed by atoms with Gasteiger partial charge in [-0.15, -0.1) is 0 Å². The molecule has 1 atom stereocenters. The van der Waals surface area contributed by atoms with Crippen molar-refractivity contribution in [3.05, 3.63) is 40.2 Å². The molecule has 0 spiro atoms. The summed E-state index contributed by atoms with van der Waals surface area (Å²) in [7, 11) is 0. The van der Waals surface area contributed by atoms with Crippen LogP contribution in [0, 0.1) is 6.92 Å². The zero-order chi connectivity index (χ0) is 14.0. The van der Waals surface area contributed by atoms with Crippen molar-refractivity contribution in [2.24, 2.45) is 5.73 Å². The third kappa shape index (κ3) is 2.74. The van der Waals surface area contributed by atoms with Crippen LogP contribution in [-0.4, -0.2) is 23.7 Å². The predicted molar refractivity (Wildman–Crippen MR) is 68.3 cm³/mol. The van der Waals surface area contributed by atoms with E-state index in [1.54, 1.807) is 19.1 Å². The molecule has 1 aromatic carbocycles. The number of fused-ring (bicyclic) bond motifs is 1. The minimum absolute atomic E-state index is 0.148. The van der Waals surface area contributed by atoms with E-state index in [1.165, 1.54) is 12.1 Å². The van der Waals surface area contributed by atoms with Gasteiger partial charge >= 0.3 is 11.6 Å². The molecule has 2 rings (SSSR count). The average Bonchev–Trinajstić information content (AvgIpc) is 2.34. The molecule has 0 aliphatic heterocycles. The van der Waals surface area contributed by atoms with Crippen molar-refractivity contribution in [3.63, 3.8) is 0 Å². The molecule has 0 saturated carbocycles. The number of hydrogen-bond acceptors (Lipinski definition) is 5. The van der Waals surface area contributed by atoms with Crippen LogP contribution in [0.25, 0.3) is 11.0 Å². The lowest BCUT2D eigenvalue weighted by atomic mass is 10.1. The maximum Gasteiger partial charge on any atom is 0.346 e. The van der Waals surface area contributed by atoms with Crippen LogP contribution in [0.1, 0.15) is 5.56 Å². The summed E-state index contributed by atoms with van der Waals surface area (Å²) in [5.41, 5.74) is 5.98. The van der Waals surface area contributed by atoms with Gasteiger partial charge in [0.2, 0.25) is 6.10 Å². The maximum atomic E-state index is 11.3. The number of carboxylic acid groups (broad SMARTS) is 1. The Bertz CT molecular complexity index is 676. The Labute approximate surface area is 108 Å². The third-order valence-electron chi connectivity index (χ3n) is 2.69. The van der Waals surface area contributed by atoms with E-state index in [-0.39, 0.29) is 6.54 Å². The Hall–Kier alpha value is -2.34. The molecule has 1 heterocycles. The van der Waals surface area contributed by atoms with Crippen molar-refractivity contribution in [3.8, 4) is 5.75 Å². The second-order valence-electron chi connectivity index (χ2n) is 4.09. The largest absolute Gasteiger partial charge is 0.478 e. The highest BCUT2D eigenvalue weighted by Gasteiger charge is 2.17. The standard InChI is InChI=1S/C13H13NO5/c1-7-4-12(15)19-10-5-8(2-3-9(7)10)18-11(6-14)13(16)17/h2-5,11H,6,14H2,1H3,(H,16,17). The quantitative estimate of drug-likeness (QED) is 0.794. The molecule has 0 amide bonds. The van der Waals surface area contributed by atoms with Gasteiger partial charge in [-0.1, -0.05) is 0 Å². The Morgan fingerprint density at radius 1 is 1.47 bits per heavy atom. The van der Waals surface area contributed by atoms with Gasteiger partial charge in [0.25, 0.3) is 0 Å². The van der Waals surface area contributed by atoms with Crippen LogP contribution < -0.4 is 16.1 Å². The molecular formula is C13H13NO5. The van der Waals surface area contributed by atoms with E-state index in [9.17, 15) is 9.59 Å². The molecule has 19 heavy (non-hydrogen) atoms. The molecule has 0 bridgehead atoms. The highest BCUT2D eigenvalue weighted by atomic mass is 16.5. The van der Waals surface area contributed by atoms with Gasteiger partial charge in [-0.2, -0.15) is 0 Å². The fourth-order valence-electron chi connectivity index (χ4n) is 1.74. The lowest BCUT2D eigenvalue weighted by Gasteiger charge is -2.13. The zero-order valence-corrected chi connectivity index (χ0v) is 10.3. The van der Waals surface area contributed by atoms with Gasteiger partial charge in [0.1, 0.15) is 11.3 Å². The molecule has 0 aliphatic carbocycles. The van der Waals surface area contributed by atoms with E-state index >= 15 is 0 Å². The summed E-state index contributed by atoms with van der Waals surface area (Å²) >= 11 is 0. The predicted octanol–water partition coefficient (Wildman–Crippen LogP) is 0.892. The van der Waals surface area contributed by atoms with Gasteiger partial charge in [0, 0.05) is 24.1 Å². The van der Waals surface area contributed by atoms with Crippen LogP contribution in [0.3, 0.4) is 0 Å². The van der Waals surface area contributed by atoms with Crippen LogP contribution in [0.2, 0.25) is 0 Å². The Balaban J connectivity index is 2.41. The van der Waals surface area contributed by atoms with Crippen molar-refractivity contribution in [2.75, 3.05) is 6.54 Å². The van der Waals surface area contributed by atoms with E-state index in [0.29, 0.717) is 11.3 Å². The van der Waals surface area contributed by atoms with Crippen molar-refractivity contribution in [2.45, 2.75) is 13.0 Å². The molecule has 1 aromatic heterocycles. The Morgan fingerprint density at radius 2 is 2.21 bits per heavy atom. The molecule has 0 saturated heterocycles. The molecule has 6 nitrogen and oxygen atoms in total. The van der Waals surface area contributed by atoms with Crippen molar-refractivity contribution in [1.82, 2.24) is 0 Å². The average molecular weight is 263 g/mol. The molecule has 100 valence electrons. The number of benzene rings is 1. The summed E-state index contributed by atoms with van der Waals surface area (Å²) in [6.45, 7) is 1.64. The van der Waals surface area contributed by atoms with Gasteiger partial charge in [-0.25, -0.2) is 9.59 Å². The number of aliphatic carboxylic acids is 1. The van der Waals surface area contributed by atoms with E-state index in [0.717, 1.165) is 10.9 Å². The number of nitrogens with two attached hydrogens (primary N) is 1. The number of rotatable bonds is 4. The molecule has 0 radical (unpaired) electrons. The highest BCUT2D eigenvalue weighted by molar-refractivity contribution is 5.81. The van der Waals surface area contributed by atoms with Crippen LogP contribution in [0.15, 0.2) is 33.5 Å². The highest BCUT2D eigenvalue weighted by Crippen LogP contribution is 2.22. The normalized spacial score (nSPS) is 12.3. The van der Waals surface area contributed by atoms with Gasteiger partial charge in [0.15, 0.2) is 0 Å². The first kappa shape index (κ1) is 13.1. The van der Waals surface area contributed by atoms with E-state index in [1.807, 2.05) is 0 Å². The second-order valence-corrected chi connectivity index (χ2v) is 4.09. The van der Waals surface area contributed by atoms with Crippen LogP contribution in [-0.2, 0) is 4.79 Å². The molecular weight excluding hydrogens is 250 g/mol. The van der Waals surface area contributed by atoms with E-state index in [4.69, 9.17) is 20.0 Å². The summed E-state index contributed by atoms with van der Waals surface area (Å²) in [5.74, 6) is -0.854. The molecule has 0 fully saturated rings. The molecule has 2 aromatic rings. The van der Waals surface area contributed by atoms with Gasteiger partial charge in [0.05, 0.1) is 0 Å². The number of hydrogen-bond donors (Lipinski definition) is 2. The summed E-state index contributed by atoms with van der Waals surface area (Å²) < 4.78 is 10.3. The minimum Gasteiger partial charge on any atom is -0.478 e. The fourth-order valence-corrected chi connectivity index (χ4v) is 1.74. The first-order valence-electron chi connectivity index (χ1n) is 5.65. The number of ether oxygens (including phenoxy) is 1. The van der Waals surface area contributed by atoms with E-state index in [2.05, 4.69) is 0 Å². The Morgan fingerprint density at radius 3 is 2.84 bits per heavy atom. The zero-order valence-electron chi connectivity index (χ0n) is 10.3. The molecule has 1 unspecified atom stereocenters. The Kier molecular flexibility index (Phi) is 3.52.